The normalized spacial score (nSPS) is 12.0. The van der Waals surface area contributed by atoms with E-state index in [9.17, 15) is 18.4 Å². The molecule has 7 heteroatoms. The van der Waals surface area contributed by atoms with Crippen LogP contribution in [-0.2, 0) is 9.59 Å². The lowest BCUT2D eigenvalue weighted by molar-refractivity contribution is -0.142. The number of carbonyl (C=O) groups excluding carboxylic acids is 1. The first-order valence-electron chi connectivity index (χ1n) is 6.43. The minimum atomic E-state index is -0.974. The molecule has 0 saturated carbocycles. The van der Waals surface area contributed by atoms with Crippen LogP contribution in [-0.4, -0.2) is 40.7 Å². The molecule has 21 heavy (non-hydrogen) atoms. The van der Waals surface area contributed by atoms with E-state index in [1.54, 1.807) is 6.92 Å². The number of halogens is 2. The summed E-state index contributed by atoms with van der Waals surface area (Å²) in [6.07, 6.45) is 0. The summed E-state index contributed by atoms with van der Waals surface area (Å²) in [6, 6.07) is 3.16. The molecule has 116 valence electrons. The van der Waals surface area contributed by atoms with Crippen LogP contribution in [0.1, 0.15) is 13.8 Å². The van der Waals surface area contributed by atoms with E-state index in [0.717, 1.165) is 23.9 Å². The van der Waals surface area contributed by atoms with E-state index in [-0.39, 0.29) is 23.1 Å². The van der Waals surface area contributed by atoms with E-state index in [2.05, 4.69) is 0 Å². The summed E-state index contributed by atoms with van der Waals surface area (Å²) < 4.78 is 26.2. The summed E-state index contributed by atoms with van der Waals surface area (Å²) in [5.41, 5.74) is 0. The summed E-state index contributed by atoms with van der Waals surface area (Å²) in [5, 5.41) is 8.85. The number of amides is 1. The molecule has 1 rings (SSSR count). The number of rotatable bonds is 7. The van der Waals surface area contributed by atoms with Crippen LogP contribution in [0.4, 0.5) is 8.78 Å². The van der Waals surface area contributed by atoms with E-state index >= 15 is 0 Å². The topological polar surface area (TPSA) is 57.6 Å². The average molecular weight is 317 g/mol. The first kappa shape index (κ1) is 17.4. The Hall–Kier alpha value is -1.63. The van der Waals surface area contributed by atoms with Crippen molar-refractivity contribution in [3.63, 3.8) is 0 Å². The van der Waals surface area contributed by atoms with E-state index in [1.165, 1.54) is 17.9 Å². The molecule has 1 aromatic carbocycles. The Balaban J connectivity index is 2.60. The molecule has 0 aliphatic carbocycles. The molecule has 1 unspecified atom stereocenters. The standard InChI is InChI=1S/C14H17F2NO3S/c1-3-17(7-9(2)14(19)20)13(18)8-21-12-5-4-10(15)6-11(12)16/h4-6,9H,3,7-8H2,1-2H3,(H,19,20). The van der Waals surface area contributed by atoms with Crippen molar-refractivity contribution in [3.05, 3.63) is 29.8 Å². The lowest BCUT2D eigenvalue weighted by Crippen LogP contribution is -2.37. The van der Waals surface area contributed by atoms with Crippen LogP contribution < -0.4 is 0 Å². The maximum atomic E-state index is 13.4. The lowest BCUT2D eigenvalue weighted by atomic mass is 10.2. The molecule has 0 aliphatic heterocycles. The van der Waals surface area contributed by atoms with Gasteiger partial charge in [-0.05, 0) is 19.1 Å². The maximum absolute atomic E-state index is 13.4. The fourth-order valence-corrected chi connectivity index (χ4v) is 2.46. The van der Waals surface area contributed by atoms with Gasteiger partial charge in [0.05, 0.1) is 11.7 Å². The van der Waals surface area contributed by atoms with Crippen LogP contribution in [0.2, 0.25) is 0 Å². The van der Waals surface area contributed by atoms with Gasteiger partial charge in [0.1, 0.15) is 11.6 Å². The molecule has 1 aromatic rings. The van der Waals surface area contributed by atoms with Crippen molar-refractivity contribution < 1.29 is 23.5 Å². The first-order valence-corrected chi connectivity index (χ1v) is 7.42. The van der Waals surface area contributed by atoms with Gasteiger partial charge >= 0.3 is 5.97 Å². The smallest absolute Gasteiger partial charge is 0.308 e. The van der Waals surface area contributed by atoms with Gasteiger partial charge in [0.25, 0.3) is 0 Å². The van der Waals surface area contributed by atoms with Crippen LogP contribution in [0.15, 0.2) is 23.1 Å². The van der Waals surface area contributed by atoms with Crippen LogP contribution in [0.25, 0.3) is 0 Å². The largest absolute Gasteiger partial charge is 0.481 e. The summed E-state index contributed by atoms with van der Waals surface area (Å²) >= 11 is 0.963. The molecule has 0 aliphatic rings. The van der Waals surface area contributed by atoms with Gasteiger partial charge in [-0.2, -0.15) is 0 Å². The summed E-state index contributed by atoms with van der Waals surface area (Å²) in [5.74, 6) is -3.33. The number of carboxylic acids is 1. The Bertz CT molecular complexity index is 525. The molecule has 0 saturated heterocycles. The van der Waals surface area contributed by atoms with Crippen molar-refractivity contribution in [1.29, 1.82) is 0 Å². The highest BCUT2D eigenvalue weighted by atomic mass is 32.2. The van der Waals surface area contributed by atoms with Crippen molar-refractivity contribution in [1.82, 2.24) is 4.90 Å². The van der Waals surface area contributed by atoms with Gasteiger partial charge in [0.2, 0.25) is 5.91 Å². The number of hydrogen-bond acceptors (Lipinski definition) is 3. The summed E-state index contributed by atoms with van der Waals surface area (Å²) in [4.78, 5) is 24.4. The molecular formula is C14H17F2NO3S. The Morgan fingerprint density at radius 3 is 2.57 bits per heavy atom. The molecule has 4 nitrogen and oxygen atoms in total. The lowest BCUT2D eigenvalue weighted by Gasteiger charge is -2.22. The number of hydrogen-bond donors (Lipinski definition) is 1. The third kappa shape index (κ3) is 5.34. The second-order valence-corrected chi connectivity index (χ2v) is 5.55. The van der Waals surface area contributed by atoms with Crippen LogP contribution >= 0.6 is 11.8 Å². The van der Waals surface area contributed by atoms with E-state index in [4.69, 9.17) is 5.11 Å². The van der Waals surface area contributed by atoms with Gasteiger partial charge in [0.15, 0.2) is 0 Å². The number of benzene rings is 1. The fourth-order valence-electron chi connectivity index (χ4n) is 1.64. The van der Waals surface area contributed by atoms with Gasteiger partial charge < -0.3 is 10.0 Å². The van der Waals surface area contributed by atoms with Gasteiger partial charge in [0, 0.05) is 24.1 Å². The molecule has 0 fully saturated rings. The van der Waals surface area contributed by atoms with Crippen LogP contribution in [0.5, 0.6) is 0 Å². The van der Waals surface area contributed by atoms with Crippen molar-refractivity contribution in [2.45, 2.75) is 18.7 Å². The zero-order valence-corrected chi connectivity index (χ0v) is 12.6. The minimum absolute atomic E-state index is 0.0251. The molecule has 0 aromatic heterocycles. The molecule has 1 amide bonds. The molecule has 1 atom stereocenters. The van der Waals surface area contributed by atoms with Gasteiger partial charge in [-0.15, -0.1) is 11.8 Å². The van der Waals surface area contributed by atoms with E-state index in [0.29, 0.717) is 6.54 Å². The Morgan fingerprint density at radius 2 is 2.05 bits per heavy atom. The minimum Gasteiger partial charge on any atom is -0.481 e. The van der Waals surface area contributed by atoms with E-state index in [1.807, 2.05) is 0 Å². The first-order chi connectivity index (χ1) is 9.85. The van der Waals surface area contributed by atoms with Gasteiger partial charge in [-0.3, -0.25) is 9.59 Å². The second kappa shape index (κ2) is 7.97. The van der Waals surface area contributed by atoms with Crippen LogP contribution in [0, 0.1) is 17.6 Å². The fraction of sp³-hybridized carbons (Fsp3) is 0.429. The monoisotopic (exact) mass is 317 g/mol. The molecule has 0 heterocycles. The number of carbonyl (C=O) groups is 2. The van der Waals surface area contributed by atoms with Crippen molar-refractivity contribution in [2.24, 2.45) is 5.92 Å². The average Bonchev–Trinajstić information content (AvgIpc) is 2.43. The highest BCUT2D eigenvalue weighted by molar-refractivity contribution is 8.00. The number of aliphatic carboxylic acids is 1. The Morgan fingerprint density at radius 1 is 1.38 bits per heavy atom. The predicted octanol–water partition coefficient (Wildman–Crippen LogP) is 2.63. The highest BCUT2D eigenvalue weighted by Crippen LogP contribution is 2.22. The number of carboxylic acid groups (broad SMARTS) is 1. The summed E-state index contributed by atoms with van der Waals surface area (Å²) in [6.45, 7) is 3.75. The highest BCUT2D eigenvalue weighted by Gasteiger charge is 2.19. The quantitative estimate of drug-likeness (QED) is 0.786. The Kier molecular flexibility index (Phi) is 6.61. The number of nitrogens with zero attached hydrogens (tertiary/aromatic N) is 1. The predicted molar refractivity (Wildman–Crippen MR) is 76.1 cm³/mol. The molecular weight excluding hydrogens is 300 g/mol. The van der Waals surface area contributed by atoms with Crippen molar-refractivity contribution >= 4 is 23.6 Å². The van der Waals surface area contributed by atoms with Gasteiger partial charge in [-0.1, -0.05) is 6.92 Å². The van der Waals surface area contributed by atoms with Crippen molar-refractivity contribution in [3.8, 4) is 0 Å². The zero-order chi connectivity index (χ0) is 16.0. The Labute approximate surface area is 126 Å². The second-order valence-electron chi connectivity index (χ2n) is 4.54. The third-order valence-corrected chi connectivity index (χ3v) is 3.93. The zero-order valence-electron chi connectivity index (χ0n) is 11.8. The molecule has 0 bridgehead atoms. The third-order valence-electron chi connectivity index (χ3n) is 2.90. The molecule has 1 N–H and O–H groups in total. The van der Waals surface area contributed by atoms with Gasteiger partial charge in [-0.25, -0.2) is 8.78 Å². The molecule has 0 spiro atoms. The SMILES string of the molecule is CCN(CC(C)C(=O)O)C(=O)CSc1ccc(F)cc1F. The van der Waals surface area contributed by atoms with Crippen LogP contribution in [0.3, 0.4) is 0 Å². The van der Waals surface area contributed by atoms with Crippen molar-refractivity contribution in [2.75, 3.05) is 18.8 Å². The maximum Gasteiger partial charge on any atom is 0.308 e. The van der Waals surface area contributed by atoms with E-state index < -0.39 is 23.5 Å². The molecule has 0 radical (unpaired) electrons. The number of thioether (sulfide) groups is 1. The summed E-state index contributed by atoms with van der Waals surface area (Å²) in [7, 11) is 0.